The van der Waals surface area contributed by atoms with Crippen molar-refractivity contribution in [2.75, 3.05) is 7.11 Å². The van der Waals surface area contributed by atoms with E-state index in [2.05, 4.69) is 4.98 Å². The summed E-state index contributed by atoms with van der Waals surface area (Å²) in [6, 6.07) is 9.39. The van der Waals surface area contributed by atoms with Crippen LogP contribution in [0.4, 0.5) is 0 Å². The molecule has 0 aliphatic heterocycles. The van der Waals surface area contributed by atoms with Gasteiger partial charge < -0.3 is 9.84 Å². The van der Waals surface area contributed by atoms with E-state index in [1.807, 2.05) is 0 Å². The highest BCUT2D eigenvalue weighted by Gasteiger charge is 2.14. The lowest BCUT2D eigenvalue weighted by molar-refractivity contribution is 0.103. The molecule has 86 valence electrons. The van der Waals surface area contributed by atoms with Crippen LogP contribution in [0, 0.1) is 0 Å². The first-order valence-corrected chi connectivity index (χ1v) is 5.05. The molecule has 0 fully saturated rings. The number of ketones is 1. The maximum absolute atomic E-state index is 12.1. The first-order valence-electron chi connectivity index (χ1n) is 5.05. The maximum Gasteiger partial charge on any atom is 0.224 e. The van der Waals surface area contributed by atoms with Crippen molar-refractivity contribution in [3.8, 4) is 11.6 Å². The Morgan fingerprint density at radius 1 is 1.24 bits per heavy atom. The van der Waals surface area contributed by atoms with Crippen LogP contribution < -0.4 is 4.74 Å². The number of methoxy groups -OCH3 is 1. The quantitative estimate of drug-likeness (QED) is 0.818. The summed E-state index contributed by atoms with van der Waals surface area (Å²) in [5.41, 5.74) is 0.884. The summed E-state index contributed by atoms with van der Waals surface area (Å²) in [6.45, 7) is 0. The topological polar surface area (TPSA) is 59.4 Å². The third kappa shape index (κ3) is 2.25. The molecule has 4 nitrogen and oxygen atoms in total. The lowest BCUT2D eigenvalue weighted by atomic mass is 10.0. The molecule has 0 spiro atoms. The van der Waals surface area contributed by atoms with Gasteiger partial charge in [-0.2, -0.15) is 0 Å². The van der Waals surface area contributed by atoms with Crippen molar-refractivity contribution < 1.29 is 14.6 Å². The largest absolute Gasteiger partial charge is 0.508 e. The Kier molecular flexibility index (Phi) is 3.05. The summed E-state index contributed by atoms with van der Waals surface area (Å²) < 4.78 is 5.03. The molecule has 2 rings (SSSR count). The summed E-state index contributed by atoms with van der Waals surface area (Å²) in [5.74, 6) is 0.236. The molecule has 0 aliphatic carbocycles. The molecule has 2 aromatic rings. The molecule has 0 bridgehead atoms. The summed E-state index contributed by atoms with van der Waals surface area (Å²) in [6.07, 6.45) is 1.56. The summed E-state index contributed by atoms with van der Waals surface area (Å²) in [5, 5.41) is 9.16. The van der Waals surface area contributed by atoms with E-state index in [0.717, 1.165) is 0 Å². The molecule has 1 heterocycles. The summed E-state index contributed by atoms with van der Waals surface area (Å²) in [4.78, 5) is 16.1. The number of phenolic OH excluding ortho intramolecular Hbond substituents is 1. The van der Waals surface area contributed by atoms with Gasteiger partial charge in [-0.1, -0.05) is 0 Å². The number of benzene rings is 1. The van der Waals surface area contributed by atoms with Crippen LogP contribution in [0.2, 0.25) is 0 Å². The molecule has 1 aromatic heterocycles. The second-order valence-corrected chi connectivity index (χ2v) is 3.44. The van der Waals surface area contributed by atoms with Gasteiger partial charge in [0.15, 0.2) is 5.78 Å². The SMILES string of the molecule is COc1ncccc1C(=O)c1ccc(O)cc1. The predicted molar refractivity (Wildman–Crippen MR) is 62.3 cm³/mol. The number of hydrogen-bond acceptors (Lipinski definition) is 4. The monoisotopic (exact) mass is 229 g/mol. The lowest BCUT2D eigenvalue weighted by Crippen LogP contribution is -2.04. The predicted octanol–water partition coefficient (Wildman–Crippen LogP) is 2.03. The van der Waals surface area contributed by atoms with E-state index < -0.39 is 0 Å². The van der Waals surface area contributed by atoms with E-state index >= 15 is 0 Å². The number of aromatic hydroxyl groups is 1. The number of ether oxygens (including phenoxy) is 1. The molecule has 0 unspecified atom stereocenters. The first-order chi connectivity index (χ1) is 8.22. The Labute approximate surface area is 98.5 Å². The van der Waals surface area contributed by atoms with Crippen LogP contribution in [-0.4, -0.2) is 23.0 Å². The zero-order valence-electron chi connectivity index (χ0n) is 9.25. The van der Waals surface area contributed by atoms with Gasteiger partial charge in [-0.25, -0.2) is 4.98 Å². The number of pyridine rings is 1. The molecule has 1 N–H and O–H groups in total. The van der Waals surface area contributed by atoms with Crippen molar-refractivity contribution in [2.45, 2.75) is 0 Å². The highest BCUT2D eigenvalue weighted by atomic mass is 16.5. The van der Waals surface area contributed by atoms with Crippen LogP contribution in [0.3, 0.4) is 0 Å². The average Bonchev–Trinajstić information content (AvgIpc) is 2.39. The van der Waals surface area contributed by atoms with E-state index in [1.54, 1.807) is 30.5 Å². The Bertz CT molecular complexity index is 535. The smallest absolute Gasteiger partial charge is 0.224 e. The van der Waals surface area contributed by atoms with Crippen molar-refractivity contribution in [2.24, 2.45) is 0 Å². The van der Waals surface area contributed by atoms with Gasteiger partial charge >= 0.3 is 0 Å². The summed E-state index contributed by atoms with van der Waals surface area (Å²) >= 11 is 0. The van der Waals surface area contributed by atoms with Crippen LogP contribution in [-0.2, 0) is 0 Å². The lowest BCUT2D eigenvalue weighted by Gasteiger charge is -2.05. The average molecular weight is 229 g/mol. The van der Waals surface area contributed by atoms with Gasteiger partial charge in [-0.05, 0) is 36.4 Å². The number of nitrogens with zero attached hydrogens (tertiary/aromatic N) is 1. The molecule has 0 amide bonds. The van der Waals surface area contributed by atoms with E-state index in [0.29, 0.717) is 17.0 Å². The third-order valence-corrected chi connectivity index (χ3v) is 2.34. The van der Waals surface area contributed by atoms with Crippen molar-refractivity contribution in [1.29, 1.82) is 0 Å². The van der Waals surface area contributed by atoms with Gasteiger partial charge in [-0.3, -0.25) is 4.79 Å². The minimum atomic E-state index is -0.185. The Balaban J connectivity index is 2.40. The van der Waals surface area contributed by atoms with Gasteiger partial charge in [0, 0.05) is 11.8 Å². The molecule has 0 saturated carbocycles. The minimum Gasteiger partial charge on any atom is -0.508 e. The Hall–Kier alpha value is -2.36. The van der Waals surface area contributed by atoms with Crippen LogP contribution in [0.5, 0.6) is 11.6 Å². The molecule has 0 atom stereocenters. The summed E-state index contributed by atoms with van der Waals surface area (Å²) in [7, 11) is 1.47. The Morgan fingerprint density at radius 3 is 2.59 bits per heavy atom. The van der Waals surface area contributed by atoms with Crippen LogP contribution in [0.1, 0.15) is 15.9 Å². The fourth-order valence-electron chi connectivity index (χ4n) is 1.49. The zero-order valence-corrected chi connectivity index (χ0v) is 9.25. The molecule has 0 aliphatic rings. The molecule has 4 heteroatoms. The van der Waals surface area contributed by atoms with E-state index in [1.165, 1.54) is 19.2 Å². The number of phenols is 1. The molecule has 0 saturated heterocycles. The number of rotatable bonds is 3. The van der Waals surface area contributed by atoms with Crippen LogP contribution in [0.25, 0.3) is 0 Å². The molecular weight excluding hydrogens is 218 g/mol. The fraction of sp³-hybridized carbons (Fsp3) is 0.0769. The van der Waals surface area contributed by atoms with Crippen molar-refractivity contribution in [3.63, 3.8) is 0 Å². The van der Waals surface area contributed by atoms with E-state index in [-0.39, 0.29) is 11.5 Å². The molecule has 0 radical (unpaired) electrons. The van der Waals surface area contributed by atoms with Gasteiger partial charge in [0.05, 0.1) is 12.7 Å². The maximum atomic E-state index is 12.1. The number of aromatic nitrogens is 1. The van der Waals surface area contributed by atoms with Crippen molar-refractivity contribution >= 4 is 5.78 Å². The number of carbonyl (C=O) groups is 1. The molecular formula is C13H11NO3. The van der Waals surface area contributed by atoms with Crippen molar-refractivity contribution in [3.05, 3.63) is 53.7 Å². The van der Waals surface area contributed by atoms with E-state index in [4.69, 9.17) is 9.84 Å². The van der Waals surface area contributed by atoms with Gasteiger partial charge in [0.2, 0.25) is 5.88 Å². The van der Waals surface area contributed by atoms with Gasteiger partial charge in [0.1, 0.15) is 5.75 Å². The zero-order chi connectivity index (χ0) is 12.3. The van der Waals surface area contributed by atoms with Gasteiger partial charge in [-0.15, -0.1) is 0 Å². The highest BCUT2D eigenvalue weighted by Crippen LogP contribution is 2.19. The minimum absolute atomic E-state index is 0.125. The normalized spacial score (nSPS) is 9.94. The fourth-order valence-corrected chi connectivity index (χ4v) is 1.49. The first kappa shape index (κ1) is 11.1. The highest BCUT2D eigenvalue weighted by molar-refractivity contribution is 6.10. The second-order valence-electron chi connectivity index (χ2n) is 3.44. The van der Waals surface area contributed by atoms with E-state index in [9.17, 15) is 4.79 Å². The number of hydrogen-bond donors (Lipinski definition) is 1. The van der Waals surface area contributed by atoms with Crippen LogP contribution in [0.15, 0.2) is 42.6 Å². The van der Waals surface area contributed by atoms with Crippen molar-refractivity contribution in [1.82, 2.24) is 4.98 Å². The van der Waals surface area contributed by atoms with Gasteiger partial charge in [0.25, 0.3) is 0 Å². The standard InChI is InChI=1S/C13H11NO3/c1-17-13-11(3-2-8-14-13)12(16)9-4-6-10(15)7-5-9/h2-8,15H,1H3. The Morgan fingerprint density at radius 2 is 1.94 bits per heavy atom. The second kappa shape index (κ2) is 4.65. The van der Waals surface area contributed by atoms with Crippen LogP contribution >= 0.6 is 0 Å². The molecule has 17 heavy (non-hydrogen) atoms. The third-order valence-electron chi connectivity index (χ3n) is 2.34. The molecule has 1 aromatic carbocycles. The number of carbonyl (C=O) groups excluding carboxylic acids is 1.